The van der Waals surface area contributed by atoms with Crippen molar-refractivity contribution in [2.45, 2.75) is 11.8 Å². The van der Waals surface area contributed by atoms with Gasteiger partial charge in [-0.15, -0.1) is 0 Å². The lowest BCUT2D eigenvalue weighted by molar-refractivity contribution is 0.0954. The van der Waals surface area contributed by atoms with E-state index in [1.54, 1.807) is 42.5 Å². The van der Waals surface area contributed by atoms with Crippen molar-refractivity contribution in [3.05, 3.63) is 60.2 Å². The first-order valence-corrected chi connectivity index (χ1v) is 9.07. The van der Waals surface area contributed by atoms with Gasteiger partial charge in [-0.3, -0.25) is 4.79 Å². The summed E-state index contributed by atoms with van der Waals surface area (Å²) in [5.41, 5.74) is 0.490. The Morgan fingerprint density at radius 2 is 1.67 bits per heavy atom. The van der Waals surface area contributed by atoms with E-state index in [4.69, 9.17) is 4.74 Å². The molecule has 0 radical (unpaired) electrons. The average Bonchev–Trinajstić information content (AvgIpc) is 2.60. The summed E-state index contributed by atoms with van der Waals surface area (Å²) < 4.78 is 31.8. The van der Waals surface area contributed by atoms with E-state index < -0.39 is 10.0 Å². The molecule has 0 aliphatic heterocycles. The maximum Gasteiger partial charge on any atom is 0.251 e. The fraction of sp³-hybridized carbons (Fsp3) is 0.235. The van der Waals surface area contributed by atoms with Gasteiger partial charge in [0.15, 0.2) is 0 Å². The Kier molecular flexibility index (Phi) is 6.34. The summed E-state index contributed by atoms with van der Waals surface area (Å²) in [4.78, 5) is 12.2. The minimum absolute atomic E-state index is 0.111. The molecule has 0 bridgehead atoms. The van der Waals surface area contributed by atoms with Crippen LogP contribution in [0.3, 0.4) is 0 Å². The van der Waals surface area contributed by atoms with Crippen molar-refractivity contribution in [2.24, 2.45) is 0 Å². The zero-order valence-electron chi connectivity index (χ0n) is 13.4. The monoisotopic (exact) mass is 348 g/mol. The topological polar surface area (TPSA) is 84.5 Å². The first-order valence-electron chi connectivity index (χ1n) is 7.58. The number of rotatable bonds is 8. The summed E-state index contributed by atoms with van der Waals surface area (Å²) in [6.07, 6.45) is 0. The summed E-state index contributed by atoms with van der Waals surface area (Å²) >= 11 is 0. The number of nitrogens with one attached hydrogen (secondary N) is 2. The summed E-state index contributed by atoms with van der Waals surface area (Å²) in [5, 5.41) is 2.67. The Bertz CT molecular complexity index is 759. The number of amides is 1. The Balaban J connectivity index is 1.80. The largest absolute Gasteiger partial charge is 0.494 e. The Hall–Kier alpha value is -2.38. The molecule has 2 N–H and O–H groups in total. The third kappa shape index (κ3) is 5.07. The van der Waals surface area contributed by atoms with E-state index >= 15 is 0 Å². The summed E-state index contributed by atoms with van der Waals surface area (Å²) in [6.45, 7) is 2.75. The number of hydrogen-bond acceptors (Lipinski definition) is 4. The SMILES string of the molecule is CCOc1ccc(C(=O)NCCNS(=O)(=O)c2ccccc2)cc1. The molecule has 2 aromatic rings. The second kappa shape index (κ2) is 8.47. The predicted octanol–water partition coefficient (Wildman–Crippen LogP) is 1.79. The van der Waals surface area contributed by atoms with Crippen molar-refractivity contribution >= 4 is 15.9 Å². The van der Waals surface area contributed by atoms with E-state index in [-0.39, 0.29) is 23.9 Å². The molecule has 0 heterocycles. The van der Waals surface area contributed by atoms with E-state index in [0.717, 1.165) is 0 Å². The van der Waals surface area contributed by atoms with Crippen LogP contribution in [0.5, 0.6) is 5.75 Å². The van der Waals surface area contributed by atoms with Crippen LogP contribution in [0.25, 0.3) is 0 Å². The van der Waals surface area contributed by atoms with Crippen LogP contribution in [0.15, 0.2) is 59.5 Å². The summed E-state index contributed by atoms with van der Waals surface area (Å²) in [6, 6.07) is 14.8. The maximum absolute atomic E-state index is 12.0. The van der Waals surface area contributed by atoms with Gasteiger partial charge < -0.3 is 10.1 Å². The molecule has 0 unspecified atom stereocenters. The first-order chi connectivity index (χ1) is 11.5. The normalized spacial score (nSPS) is 11.0. The molecule has 7 heteroatoms. The van der Waals surface area contributed by atoms with Crippen molar-refractivity contribution < 1.29 is 17.9 Å². The minimum Gasteiger partial charge on any atom is -0.494 e. The van der Waals surface area contributed by atoms with Crippen molar-refractivity contribution in [3.63, 3.8) is 0 Å². The molecule has 6 nitrogen and oxygen atoms in total. The molecule has 0 saturated carbocycles. The maximum atomic E-state index is 12.0. The molecule has 128 valence electrons. The van der Waals surface area contributed by atoms with Crippen LogP contribution < -0.4 is 14.8 Å². The van der Waals surface area contributed by atoms with Crippen LogP contribution in [-0.2, 0) is 10.0 Å². The fourth-order valence-electron chi connectivity index (χ4n) is 2.02. The van der Waals surface area contributed by atoms with E-state index in [9.17, 15) is 13.2 Å². The van der Waals surface area contributed by atoms with Gasteiger partial charge in [0.1, 0.15) is 5.75 Å². The van der Waals surface area contributed by atoms with Crippen LogP contribution in [0.1, 0.15) is 17.3 Å². The highest BCUT2D eigenvalue weighted by atomic mass is 32.2. The second-order valence-electron chi connectivity index (χ2n) is 4.92. The van der Waals surface area contributed by atoms with E-state index in [1.807, 2.05) is 6.92 Å². The van der Waals surface area contributed by atoms with Crippen LogP contribution in [-0.4, -0.2) is 34.0 Å². The molecular formula is C17H20N2O4S. The van der Waals surface area contributed by atoms with E-state index in [1.165, 1.54) is 12.1 Å². The second-order valence-corrected chi connectivity index (χ2v) is 6.69. The Morgan fingerprint density at radius 3 is 2.29 bits per heavy atom. The number of carbonyl (C=O) groups is 1. The molecule has 24 heavy (non-hydrogen) atoms. The predicted molar refractivity (Wildman–Crippen MR) is 91.6 cm³/mol. The Morgan fingerprint density at radius 1 is 1.00 bits per heavy atom. The molecule has 2 rings (SSSR count). The minimum atomic E-state index is -3.55. The number of ether oxygens (including phenoxy) is 1. The number of carbonyl (C=O) groups excluding carboxylic acids is 1. The molecule has 0 spiro atoms. The third-order valence-electron chi connectivity index (χ3n) is 3.18. The quantitative estimate of drug-likeness (QED) is 0.713. The molecule has 0 aliphatic rings. The van der Waals surface area contributed by atoms with Gasteiger partial charge in [-0.1, -0.05) is 18.2 Å². The van der Waals surface area contributed by atoms with E-state index in [0.29, 0.717) is 17.9 Å². The molecule has 0 atom stereocenters. The van der Waals surface area contributed by atoms with Gasteiger partial charge in [0, 0.05) is 18.7 Å². The number of hydrogen-bond donors (Lipinski definition) is 2. The van der Waals surface area contributed by atoms with Crippen LogP contribution in [0.4, 0.5) is 0 Å². The van der Waals surface area contributed by atoms with Crippen molar-refractivity contribution in [1.82, 2.24) is 10.0 Å². The highest BCUT2D eigenvalue weighted by molar-refractivity contribution is 7.89. The van der Waals surface area contributed by atoms with Gasteiger partial charge in [0.05, 0.1) is 11.5 Å². The average molecular weight is 348 g/mol. The van der Waals surface area contributed by atoms with E-state index in [2.05, 4.69) is 10.0 Å². The van der Waals surface area contributed by atoms with Gasteiger partial charge in [-0.25, -0.2) is 13.1 Å². The lowest BCUT2D eigenvalue weighted by Crippen LogP contribution is -2.34. The highest BCUT2D eigenvalue weighted by Gasteiger charge is 2.12. The van der Waals surface area contributed by atoms with Crippen molar-refractivity contribution in [2.75, 3.05) is 19.7 Å². The number of sulfonamides is 1. The van der Waals surface area contributed by atoms with Gasteiger partial charge in [0.25, 0.3) is 5.91 Å². The lowest BCUT2D eigenvalue weighted by atomic mass is 10.2. The first kappa shape index (κ1) is 18.0. The van der Waals surface area contributed by atoms with Crippen LogP contribution in [0.2, 0.25) is 0 Å². The van der Waals surface area contributed by atoms with Gasteiger partial charge >= 0.3 is 0 Å². The van der Waals surface area contributed by atoms with Gasteiger partial charge in [-0.2, -0.15) is 0 Å². The highest BCUT2D eigenvalue weighted by Crippen LogP contribution is 2.11. The zero-order chi connectivity index (χ0) is 17.4. The molecule has 0 aliphatic carbocycles. The molecule has 0 fully saturated rings. The third-order valence-corrected chi connectivity index (χ3v) is 4.66. The van der Waals surface area contributed by atoms with Crippen LogP contribution in [0, 0.1) is 0 Å². The lowest BCUT2D eigenvalue weighted by Gasteiger charge is -2.08. The smallest absolute Gasteiger partial charge is 0.251 e. The summed E-state index contributed by atoms with van der Waals surface area (Å²) in [5.74, 6) is 0.432. The zero-order valence-corrected chi connectivity index (χ0v) is 14.2. The van der Waals surface area contributed by atoms with Crippen molar-refractivity contribution in [1.29, 1.82) is 0 Å². The van der Waals surface area contributed by atoms with Crippen molar-refractivity contribution in [3.8, 4) is 5.75 Å². The number of benzene rings is 2. The standard InChI is InChI=1S/C17H20N2O4S/c1-2-23-15-10-8-14(9-11-15)17(20)18-12-13-19-24(21,22)16-6-4-3-5-7-16/h3-11,19H,2,12-13H2,1H3,(H,18,20). The molecule has 0 aromatic heterocycles. The molecule has 0 saturated heterocycles. The molecular weight excluding hydrogens is 328 g/mol. The molecule has 1 amide bonds. The Labute approximate surface area is 141 Å². The summed E-state index contributed by atoms with van der Waals surface area (Å²) in [7, 11) is -3.55. The molecule has 2 aromatic carbocycles. The van der Waals surface area contributed by atoms with Crippen LogP contribution >= 0.6 is 0 Å². The van der Waals surface area contributed by atoms with Gasteiger partial charge in [0.2, 0.25) is 10.0 Å². The van der Waals surface area contributed by atoms with Gasteiger partial charge in [-0.05, 0) is 43.3 Å². The fourth-order valence-corrected chi connectivity index (χ4v) is 3.07.